The average Bonchev–Trinajstić information content (AvgIpc) is 3.16. The van der Waals surface area contributed by atoms with Gasteiger partial charge >= 0.3 is 0 Å². The third-order valence-electron chi connectivity index (χ3n) is 3.44. The Morgan fingerprint density at radius 3 is 2.53 bits per heavy atom. The summed E-state index contributed by atoms with van der Waals surface area (Å²) in [7, 11) is 6.10. The van der Waals surface area contributed by atoms with Crippen LogP contribution in [0.1, 0.15) is 18.4 Å². The molecule has 1 N–H and O–H groups in total. The van der Waals surface area contributed by atoms with Crippen LogP contribution in [0.2, 0.25) is 0 Å². The Labute approximate surface area is 115 Å². The Balaban J connectivity index is 1.97. The van der Waals surface area contributed by atoms with E-state index in [0.717, 1.165) is 30.9 Å². The van der Waals surface area contributed by atoms with Crippen LogP contribution in [0.3, 0.4) is 0 Å². The van der Waals surface area contributed by atoms with E-state index >= 15 is 0 Å². The van der Waals surface area contributed by atoms with Crippen LogP contribution in [0.4, 0.5) is 10.1 Å². The van der Waals surface area contributed by atoms with Gasteiger partial charge in [-0.2, -0.15) is 0 Å². The molecule has 0 aromatic heterocycles. The van der Waals surface area contributed by atoms with Gasteiger partial charge in [0.2, 0.25) is 0 Å². The summed E-state index contributed by atoms with van der Waals surface area (Å²) in [4.78, 5) is 4.23. The normalized spacial score (nSPS) is 15.0. The smallest absolute Gasteiger partial charge is 0.125 e. The van der Waals surface area contributed by atoms with Crippen LogP contribution in [0.5, 0.6) is 0 Å². The van der Waals surface area contributed by atoms with Crippen molar-refractivity contribution in [3.05, 3.63) is 29.6 Å². The third-order valence-corrected chi connectivity index (χ3v) is 3.44. The number of anilines is 1. The molecule has 1 aromatic carbocycles. The van der Waals surface area contributed by atoms with Crippen molar-refractivity contribution in [2.45, 2.75) is 25.4 Å². The molecule has 0 radical (unpaired) electrons. The summed E-state index contributed by atoms with van der Waals surface area (Å²) in [5, 5.41) is 3.42. The zero-order chi connectivity index (χ0) is 13.8. The monoisotopic (exact) mass is 265 g/mol. The van der Waals surface area contributed by atoms with E-state index in [0.29, 0.717) is 6.04 Å². The maximum Gasteiger partial charge on any atom is 0.125 e. The Morgan fingerprint density at radius 2 is 1.89 bits per heavy atom. The van der Waals surface area contributed by atoms with Crippen LogP contribution in [-0.4, -0.2) is 45.2 Å². The summed E-state index contributed by atoms with van der Waals surface area (Å²) in [5.41, 5.74) is 1.98. The number of halogens is 1. The first kappa shape index (κ1) is 14.3. The molecule has 0 saturated heterocycles. The number of nitrogens with one attached hydrogen (secondary N) is 1. The van der Waals surface area contributed by atoms with Crippen molar-refractivity contribution in [3.8, 4) is 0 Å². The molecule has 0 aliphatic heterocycles. The summed E-state index contributed by atoms with van der Waals surface area (Å²) in [6, 6.07) is 5.96. The number of hydrogen-bond acceptors (Lipinski definition) is 3. The number of hydrogen-bond donors (Lipinski definition) is 1. The number of likely N-dealkylation sites (N-methyl/N-ethyl adjacent to an activating group) is 2. The maximum atomic E-state index is 13.7. The number of nitrogens with zero attached hydrogens (tertiary/aromatic N) is 2. The molecule has 0 heterocycles. The van der Waals surface area contributed by atoms with Gasteiger partial charge in [0, 0.05) is 38.4 Å². The molecule has 106 valence electrons. The first-order valence-corrected chi connectivity index (χ1v) is 6.93. The summed E-state index contributed by atoms with van der Waals surface area (Å²) < 4.78 is 13.7. The lowest BCUT2D eigenvalue weighted by molar-refractivity contribution is 0.416. The molecule has 1 saturated carbocycles. The predicted octanol–water partition coefficient (Wildman–Crippen LogP) is 2.08. The molecule has 0 spiro atoms. The van der Waals surface area contributed by atoms with E-state index in [1.165, 1.54) is 12.8 Å². The average molecular weight is 265 g/mol. The second-order valence-electron chi connectivity index (χ2n) is 5.70. The molecule has 1 aliphatic carbocycles. The highest BCUT2D eigenvalue weighted by atomic mass is 19.1. The Kier molecular flexibility index (Phi) is 4.77. The van der Waals surface area contributed by atoms with Gasteiger partial charge < -0.3 is 15.1 Å². The molecule has 1 aliphatic rings. The fourth-order valence-electron chi connectivity index (χ4n) is 1.98. The van der Waals surface area contributed by atoms with Gasteiger partial charge in [-0.1, -0.05) is 0 Å². The maximum absolute atomic E-state index is 13.7. The van der Waals surface area contributed by atoms with Crippen molar-refractivity contribution in [1.29, 1.82) is 0 Å². The molecular formula is C15H24FN3. The highest BCUT2D eigenvalue weighted by Crippen LogP contribution is 2.21. The van der Waals surface area contributed by atoms with Crippen molar-refractivity contribution in [2.75, 3.05) is 39.1 Å². The van der Waals surface area contributed by atoms with Crippen molar-refractivity contribution >= 4 is 5.69 Å². The van der Waals surface area contributed by atoms with Gasteiger partial charge in [0.1, 0.15) is 5.82 Å². The molecule has 3 nitrogen and oxygen atoms in total. The Morgan fingerprint density at radius 1 is 1.16 bits per heavy atom. The van der Waals surface area contributed by atoms with Crippen LogP contribution in [0.15, 0.2) is 18.2 Å². The van der Waals surface area contributed by atoms with Crippen molar-refractivity contribution in [3.63, 3.8) is 0 Å². The zero-order valence-corrected chi connectivity index (χ0v) is 12.1. The predicted molar refractivity (Wildman–Crippen MR) is 78.1 cm³/mol. The molecule has 1 fully saturated rings. The van der Waals surface area contributed by atoms with E-state index in [9.17, 15) is 4.39 Å². The largest absolute Gasteiger partial charge is 0.373 e. The van der Waals surface area contributed by atoms with Gasteiger partial charge in [0.25, 0.3) is 0 Å². The van der Waals surface area contributed by atoms with Crippen molar-refractivity contribution in [2.24, 2.45) is 0 Å². The SMILES string of the molecule is CN(C)CCN(C)c1cc(F)cc(CNC2CC2)c1. The Hall–Kier alpha value is -1.13. The van der Waals surface area contributed by atoms with Crippen LogP contribution in [0.25, 0.3) is 0 Å². The molecule has 19 heavy (non-hydrogen) atoms. The minimum atomic E-state index is -0.151. The van der Waals surface area contributed by atoms with Crippen molar-refractivity contribution < 1.29 is 4.39 Å². The van der Waals surface area contributed by atoms with Crippen LogP contribution < -0.4 is 10.2 Å². The van der Waals surface area contributed by atoms with E-state index < -0.39 is 0 Å². The van der Waals surface area contributed by atoms with Gasteiger partial charge in [-0.25, -0.2) is 4.39 Å². The highest BCUT2D eigenvalue weighted by molar-refractivity contribution is 5.48. The zero-order valence-electron chi connectivity index (χ0n) is 12.1. The fourth-order valence-corrected chi connectivity index (χ4v) is 1.98. The molecule has 0 amide bonds. The topological polar surface area (TPSA) is 18.5 Å². The molecular weight excluding hydrogens is 241 g/mol. The van der Waals surface area contributed by atoms with E-state index in [-0.39, 0.29) is 5.82 Å². The standard InChI is InChI=1S/C15H24FN3/c1-18(2)6-7-19(3)15-9-12(8-13(16)10-15)11-17-14-4-5-14/h8-10,14,17H,4-7,11H2,1-3H3. The minimum absolute atomic E-state index is 0.151. The van der Waals surface area contributed by atoms with Gasteiger partial charge in [0.05, 0.1) is 0 Å². The van der Waals surface area contributed by atoms with Gasteiger partial charge in [-0.05, 0) is 50.7 Å². The fraction of sp³-hybridized carbons (Fsp3) is 0.600. The summed E-state index contributed by atoms with van der Waals surface area (Å²) in [6.07, 6.45) is 2.51. The second-order valence-corrected chi connectivity index (χ2v) is 5.70. The molecule has 2 rings (SSSR count). The van der Waals surface area contributed by atoms with E-state index in [1.807, 2.05) is 21.1 Å². The third kappa shape index (κ3) is 4.80. The highest BCUT2D eigenvalue weighted by Gasteiger charge is 2.20. The lowest BCUT2D eigenvalue weighted by Crippen LogP contribution is -2.28. The number of benzene rings is 1. The quantitative estimate of drug-likeness (QED) is 0.814. The second kappa shape index (κ2) is 6.35. The minimum Gasteiger partial charge on any atom is -0.373 e. The summed E-state index contributed by atoms with van der Waals surface area (Å²) in [5.74, 6) is -0.151. The summed E-state index contributed by atoms with van der Waals surface area (Å²) >= 11 is 0. The van der Waals surface area contributed by atoms with Crippen molar-refractivity contribution in [1.82, 2.24) is 10.2 Å². The van der Waals surface area contributed by atoms with E-state index in [1.54, 1.807) is 12.1 Å². The van der Waals surface area contributed by atoms with Gasteiger partial charge in [0.15, 0.2) is 0 Å². The first-order chi connectivity index (χ1) is 9.04. The lowest BCUT2D eigenvalue weighted by Gasteiger charge is -2.22. The molecule has 1 aromatic rings. The molecule has 0 unspecified atom stereocenters. The van der Waals surface area contributed by atoms with E-state index in [2.05, 4.69) is 21.2 Å². The first-order valence-electron chi connectivity index (χ1n) is 6.93. The van der Waals surface area contributed by atoms with Gasteiger partial charge in [-0.3, -0.25) is 0 Å². The molecule has 0 bridgehead atoms. The summed E-state index contributed by atoms with van der Waals surface area (Å²) in [6.45, 7) is 2.62. The van der Waals surface area contributed by atoms with Crippen LogP contribution >= 0.6 is 0 Å². The number of rotatable bonds is 7. The molecule has 0 atom stereocenters. The lowest BCUT2D eigenvalue weighted by atomic mass is 10.1. The molecule has 4 heteroatoms. The van der Waals surface area contributed by atoms with Gasteiger partial charge in [-0.15, -0.1) is 0 Å². The Bertz CT molecular complexity index is 416. The van der Waals surface area contributed by atoms with Crippen LogP contribution in [-0.2, 0) is 6.54 Å². The van der Waals surface area contributed by atoms with Crippen LogP contribution in [0, 0.1) is 5.82 Å². The van der Waals surface area contributed by atoms with E-state index in [4.69, 9.17) is 0 Å².